The second-order valence-corrected chi connectivity index (χ2v) is 7.00. The van der Waals surface area contributed by atoms with E-state index in [0.29, 0.717) is 6.54 Å². The first-order chi connectivity index (χ1) is 11.6. The predicted molar refractivity (Wildman–Crippen MR) is 98.9 cm³/mol. The second-order valence-electron chi connectivity index (χ2n) is 7.00. The van der Waals surface area contributed by atoms with Gasteiger partial charge < -0.3 is 15.3 Å². The molecule has 24 heavy (non-hydrogen) atoms. The Hall–Kier alpha value is -1.62. The fraction of sp³-hybridized carbons (Fsp3) is 0.684. The van der Waals surface area contributed by atoms with Crippen molar-refractivity contribution in [1.82, 2.24) is 15.2 Å². The first kappa shape index (κ1) is 18.7. The van der Waals surface area contributed by atoms with Gasteiger partial charge in [-0.15, -0.1) is 0 Å². The lowest BCUT2D eigenvalue weighted by atomic mass is 9.83. The number of nitrogens with one attached hydrogen (secondary N) is 1. The molecule has 2 rings (SSSR count). The Kier molecular flexibility index (Phi) is 7.50. The molecule has 1 heterocycles. The molecule has 1 saturated carbocycles. The average molecular weight is 332 g/mol. The van der Waals surface area contributed by atoms with Gasteiger partial charge in [-0.1, -0.05) is 19.8 Å². The van der Waals surface area contributed by atoms with E-state index in [9.17, 15) is 5.11 Å². The lowest BCUT2D eigenvalue weighted by molar-refractivity contribution is 0.186. The molecule has 134 valence electrons. The van der Waals surface area contributed by atoms with Gasteiger partial charge in [0.05, 0.1) is 12.6 Å². The van der Waals surface area contributed by atoms with Crippen LogP contribution >= 0.6 is 0 Å². The summed E-state index contributed by atoms with van der Waals surface area (Å²) in [5, 5.41) is 13.6. The minimum Gasteiger partial charge on any atom is -0.386 e. The lowest BCUT2D eigenvalue weighted by Crippen LogP contribution is -2.42. The largest absolute Gasteiger partial charge is 0.386 e. The maximum atomic E-state index is 10.3. The molecule has 0 aromatic carbocycles. The summed E-state index contributed by atoms with van der Waals surface area (Å²) < 4.78 is 0. The SMILES string of the molecule is CCNC(=NCC(O)c1ccncc1)N(C)CC1CCC(C)CC1. The van der Waals surface area contributed by atoms with E-state index in [0.717, 1.165) is 36.4 Å². The third-order valence-electron chi connectivity index (χ3n) is 4.87. The van der Waals surface area contributed by atoms with Gasteiger partial charge in [0, 0.05) is 32.5 Å². The highest BCUT2D eigenvalue weighted by molar-refractivity contribution is 5.79. The number of aromatic nitrogens is 1. The zero-order chi connectivity index (χ0) is 17.4. The first-order valence-corrected chi connectivity index (χ1v) is 9.17. The number of nitrogens with zero attached hydrogens (tertiary/aromatic N) is 3. The molecule has 0 amide bonds. The van der Waals surface area contributed by atoms with Crippen molar-refractivity contribution in [2.24, 2.45) is 16.8 Å². The van der Waals surface area contributed by atoms with Gasteiger partial charge in [0.15, 0.2) is 5.96 Å². The Labute approximate surface area is 146 Å². The summed E-state index contributed by atoms with van der Waals surface area (Å²) in [6.07, 6.45) is 8.10. The van der Waals surface area contributed by atoms with Crippen molar-refractivity contribution >= 4 is 5.96 Å². The van der Waals surface area contributed by atoms with Gasteiger partial charge >= 0.3 is 0 Å². The van der Waals surface area contributed by atoms with Crippen molar-refractivity contribution in [2.75, 3.05) is 26.7 Å². The molecule has 0 radical (unpaired) electrons. The summed E-state index contributed by atoms with van der Waals surface area (Å²) in [5.41, 5.74) is 0.855. The number of pyridine rings is 1. The number of rotatable bonds is 6. The van der Waals surface area contributed by atoms with E-state index in [1.54, 1.807) is 12.4 Å². The van der Waals surface area contributed by atoms with E-state index in [1.165, 1.54) is 25.7 Å². The smallest absolute Gasteiger partial charge is 0.193 e. The fourth-order valence-corrected chi connectivity index (χ4v) is 3.32. The fourth-order valence-electron chi connectivity index (χ4n) is 3.32. The highest BCUT2D eigenvalue weighted by atomic mass is 16.3. The van der Waals surface area contributed by atoms with E-state index in [4.69, 9.17) is 0 Å². The summed E-state index contributed by atoms with van der Waals surface area (Å²) in [5.74, 6) is 2.51. The van der Waals surface area contributed by atoms with Crippen LogP contribution < -0.4 is 5.32 Å². The van der Waals surface area contributed by atoms with Gasteiger partial charge in [-0.05, 0) is 49.3 Å². The molecule has 0 bridgehead atoms. The summed E-state index contributed by atoms with van der Waals surface area (Å²) in [7, 11) is 2.10. The van der Waals surface area contributed by atoms with Crippen molar-refractivity contribution in [3.8, 4) is 0 Å². The zero-order valence-corrected chi connectivity index (χ0v) is 15.3. The van der Waals surface area contributed by atoms with Gasteiger partial charge in [0.2, 0.25) is 0 Å². The number of hydrogen-bond donors (Lipinski definition) is 2. The molecule has 0 saturated heterocycles. The predicted octanol–water partition coefficient (Wildman–Crippen LogP) is 2.84. The molecular weight excluding hydrogens is 300 g/mol. The Bertz CT molecular complexity index is 497. The van der Waals surface area contributed by atoms with Crippen LogP contribution in [0.2, 0.25) is 0 Å². The van der Waals surface area contributed by atoms with Crippen molar-refractivity contribution in [3.63, 3.8) is 0 Å². The van der Waals surface area contributed by atoms with Crippen LogP contribution in [0.3, 0.4) is 0 Å². The lowest BCUT2D eigenvalue weighted by Gasteiger charge is -2.31. The van der Waals surface area contributed by atoms with Crippen LogP contribution in [0.15, 0.2) is 29.5 Å². The van der Waals surface area contributed by atoms with Gasteiger partial charge in [0.1, 0.15) is 0 Å². The molecule has 1 aliphatic rings. The standard InChI is InChI=1S/C19H32N4O/c1-4-21-19(22-13-18(24)17-9-11-20-12-10-17)23(3)14-16-7-5-15(2)6-8-16/h9-12,15-16,18,24H,4-8,13-14H2,1-3H3,(H,21,22). The van der Waals surface area contributed by atoms with Gasteiger partial charge in [-0.25, -0.2) is 0 Å². The maximum Gasteiger partial charge on any atom is 0.193 e. The summed E-state index contributed by atoms with van der Waals surface area (Å²) in [6, 6.07) is 3.67. The number of guanidine groups is 1. The second kappa shape index (κ2) is 9.62. The molecule has 1 fully saturated rings. The normalized spacial score (nSPS) is 22.9. The molecule has 1 aromatic heterocycles. The van der Waals surface area contributed by atoms with E-state index in [1.807, 2.05) is 12.1 Å². The molecule has 1 unspecified atom stereocenters. The van der Waals surface area contributed by atoms with Crippen LogP contribution in [0.25, 0.3) is 0 Å². The molecule has 1 aromatic rings. The van der Waals surface area contributed by atoms with E-state index >= 15 is 0 Å². The molecule has 5 heteroatoms. The molecule has 1 atom stereocenters. The van der Waals surface area contributed by atoms with E-state index < -0.39 is 6.10 Å². The Balaban J connectivity index is 1.91. The molecule has 0 spiro atoms. The van der Waals surface area contributed by atoms with Crippen LogP contribution in [-0.4, -0.2) is 47.6 Å². The van der Waals surface area contributed by atoms with Crippen LogP contribution in [0.4, 0.5) is 0 Å². The third-order valence-corrected chi connectivity index (χ3v) is 4.87. The minimum absolute atomic E-state index is 0.360. The maximum absolute atomic E-state index is 10.3. The van der Waals surface area contributed by atoms with Crippen molar-refractivity contribution in [1.29, 1.82) is 0 Å². The van der Waals surface area contributed by atoms with Crippen molar-refractivity contribution in [2.45, 2.75) is 45.6 Å². The minimum atomic E-state index is -0.592. The number of aliphatic imine (C=N–C) groups is 1. The highest BCUT2D eigenvalue weighted by Gasteiger charge is 2.20. The van der Waals surface area contributed by atoms with Crippen molar-refractivity contribution < 1.29 is 5.11 Å². The molecule has 5 nitrogen and oxygen atoms in total. The monoisotopic (exact) mass is 332 g/mol. The van der Waals surface area contributed by atoms with Gasteiger partial charge in [-0.3, -0.25) is 9.98 Å². The zero-order valence-electron chi connectivity index (χ0n) is 15.3. The van der Waals surface area contributed by atoms with Crippen LogP contribution in [0, 0.1) is 11.8 Å². The highest BCUT2D eigenvalue weighted by Crippen LogP contribution is 2.28. The van der Waals surface area contributed by atoms with Crippen LogP contribution in [-0.2, 0) is 0 Å². The van der Waals surface area contributed by atoms with Crippen LogP contribution in [0.1, 0.15) is 51.2 Å². The molecule has 2 N–H and O–H groups in total. The summed E-state index contributed by atoms with van der Waals surface area (Å²) in [4.78, 5) is 10.8. The number of aliphatic hydroxyl groups excluding tert-OH is 1. The topological polar surface area (TPSA) is 60.8 Å². The van der Waals surface area contributed by atoms with E-state index in [2.05, 4.69) is 41.1 Å². The summed E-state index contributed by atoms with van der Waals surface area (Å²) >= 11 is 0. The summed E-state index contributed by atoms with van der Waals surface area (Å²) in [6.45, 7) is 6.65. The quantitative estimate of drug-likeness (QED) is 0.621. The first-order valence-electron chi connectivity index (χ1n) is 9.17. The Morgan fingerprint density at radius 1 is 1.33 bits per heavy atom. The average Bonchev–Trinajstić information content (AvgIpc) is 2.61. The van der Waals surface area contributed by atoms with Gasteiger partial charge in [0.25, 0.3) is 0 Å². The molecule has 1 aliphatic carbocycles. The van der Waals surface area contributed by atoms with Crippen molar-refractivity contribution in [3.05, 3.63) is 30.1 Å². The number of aliphatic hydroxyl groups is 1. The molecular formula is C19H32N4O. The molecule has 0 aliphatic heterocycles. The Morgan fingerprint density at radius 3 is 2.62 bits per heavy atom. The van der Waals surface area contributed by atoms with E-state index in [-0.39, 0.29) is 0 Å². The van der Waals surface area contributed by atoms with Crippen LogP contribution in [0.5, 0.6) is 0 Å². The number of hydrogen-bond acceptors (Lipinski definition) is 3. The Morgan fingerprint density at radius 2 is 2.00 bits per heavy atom. The van der Waals surface area contributed by atoms with Gasteiger partial charge in [-0.2, -0.15) is 0 Å². The third kappa shape index (κ3) is 5.78.